The molecule has 0 saturated heterocycles. The number of ether oxygens (including phenoxy) is 2. The number of nitrogens with two attached hydrogens (primary N) is 1. The first-order chi connectivity index (χ1) is 11.3. The van der Waals surface area contributed by atoms with E-state index in [0.29, 0.717) is 18.2 Å². The van der Waals surface area contributed by atoms with Crippen LogP contribution in [0.25, 0.3) is 11.1 Å². The van der Waals surface area contributed by atoms with Gasteiger partial charge in [0, 0.05) is 17.8 Å². The van der Waals surface area contributed by atoms with Crippen molar-refractivity contribution >= 4 is 5.82 Å². The molecular weight excluding hydrogens is 288 g/mol. The van der Waals surface area contributed by atoms with Crippen molar-refractivity contribution in [3.05, 3.63) is 72.4 Å². The summed E-state index contributed by atoms with van der Waals surface area (Å²) in [5.74, 6) is 1.96. The molecule has 0 bridgehead atoms. The molecule has 3 rings (SSSR count). The zero-order valence-corrected chi connectivity index (χ0v) is 12.9. The van der Waals surface area contributed by atoms with Gasteiger partial charge in [-0.15, -0.1) is 0 Å². The van der Waals surface area contributed by atoms with Gasteiger partial charge >= 0.3 is 0 Å². The monoisotopic (exact) mass is 306 g/mol. The Morgan fingerprint density at radius 1 is 1.00 bits per heavy atom. The van der Waals surface area contributed by atoms with Crippen LogP contribution in [-0.4, -0.2) is 12.1 Å². The molecule has 0 spiro atoms. The maximum Gasteiger partial charge on any atom is 0.131 e. The molecule has 1 heterocycles. The molecule has 0 aliphatic heterocycles. The van der Waals surface area contributed by atoms with Crippen LogP contribution in [0.1, 0.15) is 5.56 Å². The SMILES string of the molecule is COc1cc(N)ncc1-c1ccc(OCc2ccccc2)cc1. The van der Waals surface area contributed by atoms with Crippen molar-refractivity contribution in [2.75, 3.05) is 12.8 Å². The van der Waals surface area contributed by atoms with Crippen molar-refractivity contribution in [1.29, 1.82) is 0 Å². The Morgan fingerprint density at radius 2 is 1.74 bits per heavy atom. The molecule has 0 aliphatic rings. The van der Waals surface area contributed by atoms with Gasteiger partial charge in [0.1, 0.15) is 23.9 Å². The minimum atomic E-state index is 0.438. The van der Waals surface area contributed by atoms with Crippen LogP contribution in [0.5, 0.6) is 11.5 Å². The van der Waals surface area contributed by atoms with E-state index in [-0.39, 0.29) is 0 Å². The maximum atomic E-state index is 5.79. The van der Waals surface area contributed by atoms with Gasteiger partial charge < -0.3 is 15.2 Å². The summed E-state index contributed by atoms with van der Waals surface area (Å²) in [5, 5.41) is 0. The van der Waals surface area contributed by atoms with Crippen LogP contribution >= 0.6 is 0 Å². The first-order valence-corrected chi connectivity index (χ1v) is 7.33. The average molecular weight is 306 g/mol. The van der Waals surface area contributed by atoms with Gasteiger partial charge in [-0.2, -0.15) is 0 Å². The van der Waals surface area contributed by atoms with Crippen molar-refractivity contribution in [2.45, 2.75) is 6.61 Å². The summed E-state index contributed by atoms with van der Waals surface area (Å²) in [6.07, 6.45) is 1.72. The molecule has 0 radical (unpaired) electrons. The molecule has 0 saturated carbocycles. The molecule has 23 heavy (non-hydrogen) atoms. The lowest BCUT2D eigenvalue weighted by Crippen LogP contribution is -1.96. The van der Waals surface area contributed by atoms with E-state index in [4.69, 9.17) is 15.2 Å². The zero-order chi connectivity index (χ0) is 16.1. The number of benzene rings is 2. The summed E-state index contributed by atoms with van der Waals surface area (Å²) in [6, 6.07) is 19.6. The Hall–Kier alpha value is -3.01. The Labute approximate surface area is 135 Å². The summed E-state index contributed by atoms with van der Waals surface area (Å²) in [5.41, 5.74) is 8.73. The third-order valence-electron chi connectivity index (χ3n) is 3.52. The van der Waals surface area contributed by atoms with Gasteiger partial charge in [-0.1, -0.05) is 42.5 Å². The lowest BCUT2D eigenvalue weighted by molar-refractivity contribution is 0.306. The number of hydrogen-bond donors (Lipinski definition) is 1. The largest absolute Gasteiger partial charge is 0.496 e. The molecule has 116 valence electrons. The summed E-state index contributed by atoms with van der Waals surface area (Å²) in [6.45, 7) is 0.549. The van der Waals surface area contributed by atoms with Crippen LogP contribution in [0.4, 0.5) is 5.82 Å². The van der Waals surface area contributed by atoms with E-state index in [9.17, 15) is 0 Å². The Kier molecular flexibility index (Phi) is 4.43. The second kappa shape index (κ2) is 6.83. The number of rotatable bonds is 5. The highest BCUT2D eigenvalue weighted by atomic mass is 16.5. The molecule has 0 fully saturated rings. The second-order valence-electron chi connectivity index (χ2n) is 5.11. The standard InChI is InChI=1S/C19H18N2O2/c1-22-18-11-19(20)21-12-17(18)15-7-9-16(10-8-15)23-13-14-5-3-2-4-6-14/h2-12H,13H2,1H3,(H2,20,21). The third-order valence-corrected chi connectivity index (χ3v) is 3.52. The van der Waals surface area contributed by atoms with Crippen molar-refractivity contribution in [3.8, 4) is 22.6 Å². The molecule has 0 amide bonds. The highest BCUT2D eigenvalue weighted by molar-refractivity contribution is 5.71. The van der Waals surface area contributed by atoms with E-state index in [1.54, 1.807) is 19.4 Å². The van der Waals surface area contributed by atoms with E-state index in [1.165, 1.54) is 0 Å². The number of methoxy groups -OCH3 is 1. The van der Waals surface area contributed by atoms with E-state index >= 15 is 0 Å². The quantitative estimate of drug-likeness (QED) is 0.776. The molecule has 0 atom stereocenters. The molecular formula is C19H18N2O2. The number of nitrogens with zero attached hydrogens (tertiary/aromatic N) is 1. The number of anilines is 1. The fourth-order valence-electron chi connectivity index (χ4n) is 2.31. The molecule has 4 nitrogen and oxygen atoms in total. The van der Waals surface area contributed by atoms with Crippen LogP contribution in [-0.2, 0) is 6.61 Å². The number of aromatic nitrogens is 1. The maximum absolute atomic E-state index is 5.79. The topological polar surface area (TPSA) is 57.4 Å². The predicted octanol–water partition coefficient (Wildman–Crippen LogP) is 3.92. The number of hydrogen-bond acceptors (Lipinski definition) is 4. The van der Waals surface area contributed by atoms with Gasteiger partial charge in [-0.05, 0) is 23.3 Å². The zero-order valence-electron chi connectivity index (χ0n) is 12.9. The molecule has 3 aromatic rings. The van der Waals surface area contributed by atoms with Gasteiger partial charge in [-0.3, -0.25) is 0 Å². The van der Waals surface area contributed by atoms with Crippen molar-refractivity contribution in [2.24, 2.45) is 0 Å². The lowest BCUT2D eigenvalue weighted by atomic mass is 10.1. The first-order valence-electron chi connectivity index (χ1n) is 7.33. The van der Waals surface area contributed by atoms with Crippen LogP contribution in [0.3, 0.4) is 0 Å². The minimum absolute atomic E-state index is 0.438. The Balaban J connectivity index is 1.74. The average Bonchev–Trinajstić information content (AvgIpc) is 2.61. The van der Waals surface area contributed by atoms with Gasteiger partial charge in [0.2, 0.25) is 0 Å². The Morgan fingerprint density at radius 3 is 2.43 bits per heavy atom. The van der Waals surface area contributed by atoms with Crippen LogP contribution < -0.4 is 15.2 Å². The van der Waals surface area contributed by atoms with E-state index < -0.39 is 0 Å². The second-order valence-corrected chi connectivity index (χ2v) is 5.11. The lowest BCUT2D eigenvalue weighted by Gasteiger charge is -2.10. The summed E-state index contributed by atoms with van der Waals surface area (Å²) < 4.78 is 11.2. The Bertz CT molecular complexity index is 771. The first kappa shape index (κ1) is 14.9. The summed E-state index contributed by atoms with van der Waals surface area (Å²) >= 11 is 0. The fraction of sp³-hybridized carbons (Fsp3) is 0.105. The van der Waals surface area contributed by atoms with E-state index in [1.807, 2.05) is 54.6 Å². The van der Waals surface area contributed by atoms with Crippen LogP contribution in [0, 0.1) is 0 Å². The van der Waals surface area contributed by atoms with Crippen LogP contribution in [0.15, 0.2) is 66.9 Å². The highest BCUT2D eigenvalue weighted by Crippen LogP contribution is 2.31. The van der Waals surface area contributed by atoms with Crippen molar-refractivity contribution in [1.82, 2.24) is 4.98 Å². The predicted molar refractivity (Wildman–Crippen MR) is 91.4 cm³/mol. The van der Waals surface area contributed by atoms with Crippen molar-refractivity contribution in [3.63, 3.8) is 0 Å². The molecule has 0 unspecified atom stereocenters. The number of pyridine rings is 1. The number of nitrogen functional groups attached to an aromatic ring is 1. The molecule has 0 aliphatic carbocycles. The van der Waals surface area contributed by atoms with Gasteiger partial charge in [0.15, 0.2) is 0 Å². The van der Waals surface area contributed by atoms with Gasteiger partial charge in [0.25, 0.3) is 0 Å². The van der Waals surface area contributed by atoms with Gasteiger partial charge in [-0.25, -0.2) is 4.98 Å². The molecule has 2 aromatic carbocycles. The fourth-order valence-corrected chi connectivity index (χ4v) is 2.31. The van der Waals surface area contributed by atoms with Gasteiger partial charge in [0.05, 0.1) is 7.11 Å². The molecule has 1 aromatic heterocycles. The smallest absolute Gasteiger partial charge is 0.131 e. The van der Waals surface area contributed by atoms with E-state index in [2.05, 4.69) is 4.98 Å². The summed E-state index contributed by atoms with van der Waals surface area (Å²) in [4.78, 5) is 4.13. The normalized spacial score (nSPS) is 10.3. The molecule has 2 N–H and O–H groups in total. The van der Waals surface area contributed by atoms with E-state index in [0.717, 1.165) is 22.4 Å². The molecule has 4 heteroatoms. The van der Waals surface area contributed by atoms with Crippen LogP contribution in [0.2, 0.25) is 0 Å². The third kappa shape index (κ3) is 3.61. The summed E-state index contributed by atoms with van der Waals surface area (Å²) in [7, 11) is 1.62. The minimum Gasteiger partial charge on any atom is -0.496 e. The van der Waals surface area contributed by atoms with Crippen molar-refractivity contribution < 1.29 is 9.47 Å². The highest BCUT2D eigenvalue weighted by Gasteiger charge is 2.07.